The van der Waals surface area contributed by atoms with E-state index in [-0.39, 0.29) is 0 Å². The monoisotopic (exact) mass is 179 g/mol. The van der Waals surface area contributed by atoms with Crippen molar-refractivity contribution in [2.75, 3.05) is 7.11 Å². The smallest absolute Gasteiger partial charge is 0.106 e. The highest BCUT2D eigenvalue weighted by molar-refractivity contribution is 6.01. The lowest BCUT2D eigenvalue weighted by molar-refractivity contribution is 0.212. The van der Waals surface area contributed by atoms with Crippen LogP contribution in [0.2, 0.25) is 0 Å². The first-order chi connectivity index (χ1) is 6.33. The van der Waals surface area contributed by atoms with Crippen molar-refractivity contribution in [3.05, 3.63) is 17.5 Å². The molecule has 0 unspecified atom stereocenters. The summed E-state index contributed by atoms with van der Waals surface area (Å²) in [7, 11) is 3.55. The maximum Gasteiger partial charge on any atom is 0.106 e. The van der Waals surface area contributed by atoms with Gasteiger partial charge in [0.2, 0.25) is 0 Å². The Kier molecular flexibility index (Phi) is 2.04. The van der Waals surface area contributed by atoms with Gasteiger partial charge in [0, 0.05) is 18.3 Å². The lowest BCUT2D eigenvalue weighted by Crippen LogP contribution is -2.13. The molecule has 1 aliphatic carbocycles. The lowest BCUT2D eigenvalue weighted by atomic mass is 9.96. The van der Waals surface area contributed by atoms with Crippen molar-refractivity contribution >= 4 is 5.71 Å². The van der Waals surface area contributed by atoms with Gasteiger partial charge in [-0.15, -0.1) is 0 Å². The van der Waals surface area contributed by atoms with E-state index in [1.165, 1.54) is 5.69 Å². The fourth-order valence-corrected chi connectivity index (χ4v) is 1.76. The van der Waals surface area contributed by atoms with Crippen LogP contribution in [0.15, 0.2) is 11.4 Å². The number of aromatic nitrogens is 2. The molecule has 1 heterocycles. The minimum atomic E-state index is 0.993. The predicted molar refractivity (Wildman–Crippen MR) is 49.7 cm³/mol. The van der Waals surface area contributed by atoms with Gasteiger partial charge < -0.3 is 4.84 Å². The minimum absolute atomic E-state index is 0.993. The van der Waals surface area contributed by atoms with Gasteiger partial charge in [-0.2, -0.15) is 5.10 Å². The van der Waals surface area contributed by atoms with Crippen molar-refractivity contribution in [1.29, 1.82) is 0 Å². The summed E-state index contributed by atoms with van der Waals surface area (Å²) in [4.78, 5) is 4.80. The zero-order chi connectivity index (χ0) is 9.26. The standard InChI is InChI=1S/C9H13N3O/c1-12-9-5-3-4-8(11-13-2)7(9)6-10-12/h6H,3-5H2,1-2H3/b11-8-. The molecule has 0 amide bonds. The van der Waals surface area contributed by atoms with Gasteiger partial charge >= 0.3 is 0 Å². The third-order valence-corrected chi connectivity index (χ3v) is 2.40. The Morgan fingerprint density at radius 2 is 2.38 bits per heavy atom. The minimum Gasteiger partial charge on any atom is -0.399 e. The second-order valence-corrected chi connectivity index (χ2v) is 3.20. The molecule has 13 heavy (non-hydrogen) atoms. The van der Waals surface area contributed by atoms with Crippen molar-refractivity contribution in [1.82, 2.24) is 9.78 Å². The predicted octanol–water partition coefficient (Wildman–Crippen LogP) is 1.11. The van der Waals surface area contributed by atoms with Gasteiger partial charge in [-0.1, -0.05) is 5.16 Å². The molecule has 2 rings (SSSR count). The number of fused-ring (bicyclic) bond motifs is 1. The number of hydrogen-bond donors (Lipinski definition) is 0. The molecule has 0 radical (unpaired) electrons. The van der Waals surface area contributed by atoms with Crippen LogP contribution in [0.25, 0.3) is 0 Å². The first-order valence-electron chi connectivity index (χ1n) is 4.44. The van der Waals surface area contributed by atoms with Gasteiger partial charge in [-0.25, -0.2) is 0 Å². The van der Waals surface area contributed by atoms with Crippen LogP contribution >= 0.6 is 0 Å². The SMILES string of the molecule is CO/N=C1/CCCc2c1cnn2C. The Morgan fingerprint density at radius 1 is 1.54 bits per heavy atom. The maximum absolute atomic E-state index is 4.80. The van der Waals surface area contributed by atoms with E-state index >= 15 is 0 Å². The molecule has 0 aliphatic heterocycles. The van der Waals surface area contributed by atoms with E-state index in [9.17, 15) is 0 Å². The van der Waals surface area contributed by atoms with E-state index in [1.807, 2.05) is 17.9 Å². The Balaban J connectivity index is 2.43. The quantitative estimate of drug-likeness (QED) is 0.606. The summed E-state index contributed by atoms with van der Waals surface area (Å²) in [5.74, 6) is 0. The molecule has 4 heteroatoms. The van der Waals surface area contributed by atoms with Gasteiger partial charge in [-0.3, -0.25) is 4.68 Å². The molecular formula is C9H13N3O. The lowest BCUT2D eigenvalue weighted by Gasteiger charge is -2.13. The first kappa shape index (κ1) is 8.29. The van der Waals surface area contributed by atoms with Gasteiger partial charge in [0.25, 0.3) is 0 Å². The number of aryl methyl sites for hydroxylation is 1. The van der Waals surface area contributed by atoms with Gasteiger partial charge in [0.05, 0.1) is 11.9 Å². The molecule has 1 aromatic rings. The highest BCUT2D eigenvalue weighted by Crippen LogP contribution is 2.20. The van der Waals surface area contributed by atoms with Gasteiger partial charge in [0.15, 0.2) is 0 Å². The molecule has 0 saturated heterocycles. The molecule has 70 valence electrons. The molecule has 0 bridgehead atoms. The number of rotatable bonds is 1. The Labute approximate surface area is 77.2 Å². The highest BCUT2D eigenvalue weighted by atomic mass is 16.6. The third-order valence-electron chi connectivity index (χ3n) is 2.40. The normalized spacial score (nSPS) is 18.8. The van der Waals surface area contributed by atoms with Crippen LogP contribution in [-0.2, 0) is 18.3 Å². The third kappa shape index (κ3) is 1.32. The second kappa shape index (κ2) is 3.20. The van der Waals surface area contributed by atoms with Crippen molar-refractivity contribution in [3.63, 3.8) is 0 Å². The highest BCUT2D eigenvalue weighted by Gasteiger charge is 2.19. The summed E-state index contributed by atoms with van der Waals surface area (Å²) in [5, 5.41) is 8.21. The van der Waals surface area contributed by atoms with Crippen LogP contribution in [0.3, 0.4) is 0 Å². The molecule has 4 nitrogen and oxygen atoms in total. The topological polar surface area (TPSA) is 39.4 Å². The summed E-state index contributed by atoms with van der Waals surface area (Å²) in [6.07, 6.45) is 5.09. The van der Waals surface area contributed by atoms with Crippen LogP contribution in [-0.4, -0.2) is 22.6 Å². The summed E-state index contributed by atoms with van der Waals surface area (Å²) in [5.41, 5.74) is 3.44. The molecule has 1 aliphatic rings. The maximum atomic E-state index is 4.80. The Hall–Kier alpha value is -1.32. The summed E-state index contributed by atoms with van der Waals surface area (Å²) < 4.78 is 1.92. The van der Waals surface area contributed by atoms with E-state index in [0.29, 0.717) is 0 Å². The van der Waals surface area contributed by atoms with Crippen molar-refractivity contribution in [3.8, 4) is 0 Å². The molecule has 0 N–H and O–H groups in total. The molecule has 0 spiro atoms. The Morgan fingerprint density at radius 3 is 3.15 bits per heavy atom. The van der Waals surface area contributed by atoms with E-state index in [4.69, 9.17) is 4.84 Å². The second-order valence-electron chi connectivity index (χ2n) is 3.20. The van der Waals surface area contributed by atoms with E-state index in [2.05, 4.69) is 10.3 Å². The molecule has 0 fully saturated rings. The number of nitrogens with zero attached hydrogens (tertiary/aromatic N) is 3. The number of hydrogen-bond acceptors (Lipinski definition) is 3. The van der Waals surface area contributed by atoms with Crippen molar-refractivity contribution in [2.24, 2.45) is 12.2 Å². The van der Waals surface area contributed by atoms with Gasteiger partial charge in [0.1, 0.15) is 7.11 Å². The average Bonchev–Trinajstić information content (AvgIpc) is 2.50. The van der Waals surface area contributed by atoms with Crippen LogP contribution in [0, 0.1) is 0 Å². The largest absolute Gasteiger partial charge is 0.399 e. The molecule has 0 saturated carbocycles. The van der Waals surface area contributed by atoms with Crippen LogP contribution in [0.5, 0.6) is 0 Å². The average molecular weight is 179 g/mol. The van der Waals surface area contributed by atoms with E-state index in [1.54, 1.807) is 7.11 Å². The molecular weight excluding hydrogens is 166 g/mol. The summed E-state index contributed by atoms with van der Waals surface area (Å²) >= 11 is 0. The number of oxime groups is 1. The summed E-state index contributed by atoms with van der Waals surface area (Å²) in [6.45, 7) is 0. The van der Waals surface area contributed by atoms with Gasteiger partial charge in [-0.05, 0) is 19.3 Å². The van der Waals surface area contributed by atoms with Crippen LogP contribution in [0.4, 0.5) is 0 Å². The summed E-state index contributed by atoms with van der Waals surface area (Å²) in [6, 6.07) is 0. The van der Waals surface area contributed by atoms with E-state index in [0.717, 1.165) is 30.5 Å². The zero-order valence-electron chi connectivity index (χ0n) is 7.95. The Bertz CT molecular complexity index is 341. The fraction of sp³-hybridized carbons (Fsp3) is 0.556. The molecule has 0 atom stereocenters. The van der Waals surface area contributed by atoms with Crippen molar-refractivity contribution < 1.29 is 4.84 Å². The first-order valence-corrected chi connectivity index (χ1v) is 4.44. The van der Waals surface area contributed by atoms with E-state index < -0.39 is 0 Å². The van der Waals surface area contributed by atoms with Crippen LogP contribution < -0.4 is 0 Å². The molecule has 0 aromatic carbocycles. The van der Waals surface area contributed by atoms with Crippen LogP contribution in [0.1, 0.15) is 24.1 Å². The zero-order valence-corrected chi connectivity index (χ0v) is 7.95. The molecule has 1 aromatic heterocycles. The van der Waals surface area contributed by atoms with Crippen molar-refractivity contribution in [2.45, 2.75) is 19.3 Å². The fourth-order valence-electron chi connectivity index (χ4n) is 1.76.